The zero-order valence-electron chi connectivity index (χ0n) is 11.4. The molecule has 4 N–H and O–H groups in total. The highest BCUT2D eigenvalue weighted by Crippen LogP contribution is 2.31. The second kappa shape index (κ2) is 8.37. The van der Waals surface area contributed by atoms with E-state index in [1.807, 2.05) is 33.7 Å². The van der Waals surface area contributed by atoms with Crippen LogP contribution in [0.25, 0.3) is 0 Å². The van der Waals surface area contributed by atoms with Crippen molar-refractivity contribution in [2.24, 2.45) is 11.5 Å². The summed E-state index contributed by atoms with van der Waals surface area (Å²) in [6, 6.07) is 16.7. The van der Waals surface area contributed by atoms with Gasteiger partial charge in [0.05, 0.1) is 0 Å². The molecule has 106 valence electrons. The standard InChI is InChI=1S/C16H20N2S2/c17-9-13-5-1-3-7-15(13)11-19-20-12-16-8-4-2-6-14(16)10-18/h1-8H,9-12,17-18H2. The Bertz CT molecular complexity index is 494. The largest absolute Gasteiger partial charge is 0.326 e. The van der Waals surface area contributed by atoms with Crippen molar-refractivity contribution in [2.45, 2.75) is 24.6 Å². The van der Waals surface area contributed by atoms with E-state index in [0.29, 0.717) is 13.1 Å². The number of benzene rings is 2. The first-order chi connectivity index (χ1) is 9.85. The highest BCUT2D eigenvalue weighted by molar-refractivity contribution is 8.76. The fourth-order valence-electron chi connectivity index (χ4n) is 2.01. The van der Waals surface area contributed by atoms with Crippen LogP contribution in [0.1, 0.15) is 22.3 Å². The van der Waals surface area contributed by atoms with Crippen LogP contribution in [-0.2, 0) is 24.6 Å². The molecule has 2 rings (SSSR count). The van der Waals surface area contributed by atoms with Gasteiger partial charge in [-0.05, 0) is 22.3 Å². The lowest BCUT2D eigenvalue weighted by atomic mass is 10.1. The van der Waals surface area contributed by atoms with Gasteiger partial charge in [-0.1, -0.05) is 70.1 Å². The number of hydrogen-bond acceptors (Lipinski definition) is 4. The van der Waals surface area contributed by atoms with Crippen LogP contribution in [0, 0.1) is 0 Å². The van der Waals surface area contributed by atoms with Crippen molar-refractivity contribution in [3.8, 4) is 0 Å². The third-order valence-corrected chi connectivity index (χ3v) is 5.42. The van der Waals surface area contributed by atoms with E-state index < -0.39 is 0 Å². The molecule has 20 heavy (non-hydrogen) atoms. The zero-order valence-corrected chi connectivity index (χ0v) is 13.1. The first kappa shape index (κ1) is 15.4. The summed E-state index contributed by atoms with van der Waals surface area (Å²) >= 11 is 0. The number of rotatable bonds is 7. The molecular weight excluding hydrogens is 284 g/mol. The van der Waals surface area contributed by atoms with Crippen molar-refractivity contribution in [2.75, 3.05) is 0 Å². The molecule has 0 spiro atoms. The monoisotopic (exact) mass is 304 g/mol. The Morgan fingerprint density at radius 1 is 0.600 bits per heavy atom. The van der Waals surface area contributed by atoms with Gasteiger partial charge < -0.3 is 11.5 Å². The van der Waals surface area contributed by atoms with Crippen molar-refractivity contribution < 1.29 is 0 Å². The molecule has 0 unspecified atom stereocenters. The van der Waals surface area contributed by atoms with Crippen molar-refractivity contribution >= 4 is 21.6 Å². The summed E-state index contributed by atoms with van der Waals surface area (Å²) in [5.41, 5.74) is 16.7. The highest BCUT2D eigenvalue weighted by Gasteiger charge is 2.03. The SMILES string of the molecule is NCc1ccccc1CSSCc1ccccc1CN. The molecule has 0 aliphatic rings. The van der Waals surface area contributed by atoms with Gasteiger partial charge in [0.1, 0.15) is 0 Å². The normalized spacial score (nSPS) is 10.7. The fraction of sp³-hybridized carbons (Fsp3) is 0.250. The van der Waals surface area contributed by atoms with E-state index in [0.717, 1.165) is 11.5 Å². The smallest absolute Gasteiger partial charge is 0.0292 e. The molecule has 0 aliphatic carbocycles. The van der Waals surface area contributed by atoms with Crippen LogP contribution in [0.2, 0.25) is 0 Å². The molecule has 0 bridgehead atoms. The van der Waals surface area contributed by atoms with Gasteiger partial charge in [-0.2, -0.15) is 0 Å². The van der Waals surface area contributed by atoms with Crippen molar-refractivity contribution in [3.05, 3.63) is 70.8 Å². The Kier molecular flexibility index (Phi) is 6.47. The van der Waals surface area contributed by atoms with Crippen molar-refractivity contribution in [1.82, 2.24) is 0 Å². The second-order valence-electron chi connectivity index (χ2n) is 4.47. The summed E-state index contributed by atoms with van der Waals surface area (Å²) in [4.78, 5) is 0. The van der Waals surface area contributed by atoms with Gasteiger partial charge in [0, 0.05) is 24.6 Å². The summed E-state index contributed by atoms with van der Waals surface area (Å²) in [5.74, 6) is 1.98. The second-order valence-corrected chi connectivity index (χ2v) is 6.93. The van der Waals surface area contributed by atoms with E-state index in [1.54, 1.807) is 0 Å². The van der Waals surface area contributed by atoms with Crippen molar-refractivity contribution in [1.29, 1.82) is 0 Å². The van der Waals surface area contributed by atoms with E-state index in [1.165, 1.54) is 22.3 Å². The Morgan fingerprint density at radius 2 is 0.950 bits per heavy atom. The molecule has 4 heteroatoms. The van der Waals surface area contributed by atoms with E-state index in [9.17, 15) is 0 Å². The Labute approximate surface area is 128 Å². The third-order valence-electron chi connectivity index (χ3n) is 3.19. The third kappa shape index (κ3) is 4.28. The average molecular weight is 304 g/mol. The summed E-state index contributed by atoms with van der Waals surface area (Å²) in [6.45, 7) is 1.22. The summed E-state index contributed by atoms with van der Waals surface area (Å²) in [7, 11) is 3.74. The lowest BCUT2D eigenvalue weighted by molar-refractivity contribution is 1.04. The minimum Gasteiger partial charge on any atom is -0.326 e. The molecular formula is C16H20N2S2. The molecule has 2 nitrogen and oxygen atoms in total. The highest BCUT2D eigenvalue weighted by atomic mass is 33.1. The molecule has 0 atom stereocenters. The molecule has 2 aromatic carbocycles. The topological polar surface area (TPSA) is 52.0 Å². The molecule has 0 aliphatic heterocycles. The van der Waals surface area contributed by atoms with Crippen molar-refractivity contribution in [3.63, 3.8) is 0 Å². The van der Waals surface area contributed by atoms with Crippen LogP contribution in [0.5, 0.6) is 0 Å². The molecule has 2 aromatic rings. The Balaban J connectivity index is 1.84. The zero-order chi connectivity index (χ0) is 14.2. The first-order valence-corrected chi connectivity index (χ1v) is 9.12. The number of hydrogen-bond donors (Lipinski definition) is 2. The van der Waals surface area contributed by atoms with Gasteiger partial charge in [-0.15, -0.1) is 0 Å². The predicted molar refractivity (Wildman–Crippen MR) is 91.3 cm³/mol. The Morgan fingerprint density at radius 3 is 1.30 bits per heavy atom. The molecule has 0 saturated carbocycles. The van der Waals surface area contributed by atoms with Crippen LogP contribution in [0.3, 0.4) is 0 Å². The molecule has 0 radical (unpaired) electrons. The number of nitrogens with two attached hydrogens (primary N) is 2. The molecule has 0 aromatic heterocycles. The van der Waals surface area contributed by atoms with Crippen LogP contribution in [0.15, 0.2) is 48.5 Å². The van der Waals surface area contributed by atoms with E-state index >= 15 is 0 Å². The van der Waals surface area contributed by atoms with Gasteiger partial charge in [-0.25, -0.2) is 0 Å². The summed E-state index contributed by atoms with van der Waals surface area (Å²) in [5, 5.41) is 0. The van der Waals surface area contributed by atoms with Crippen LogP contribution in [0.4, 0.5) is 0 Å². The van der Waals surface area contributed by atoms with E-state index in [-0.39, 0.29) is 0 Å². The lowest BCUT2D eigenvalue weighted by Gasteiger charge is -2.08. The minimum absolute atomic E-state index is 0.609. The fourth-order valence-corrected chi connectivity index (χ4v) is 4.25. The van der Waals surface area contributed by atoms with E-state index in [4.69, 9.17) is 11.5 Å². The molecule has 0 saturated heterocycles. The summed E-state index contributed by atoms with van der Waals surface area (Å²) < 4.78 is 0. The Hall–Kier alpha value is -0.940. The quantitative estimate of drug-likeness (QED) is 0.605. The van der Waals surface area contributed by atoms with Gasteiger partial charge >= 0.3 is 0 Å². The first-order valence-electron chi connectivity index (χ1n) is 6.63. The van der Waals surface area contributed by atoms with Gasteiger partial charge in [0.25, 0.3) is 0 Å². The lowest BCUT2D eigenvalue weighted by Crippen LogP contribution is -2.00. The maximum atomic E-state index is 5.75. The minimum atomic E-state index is 0.609. The van der Waals surface area contributed by atoms with Gasteiger partial charge in [0.15, 0.2) is 0 Å². The van der Waals surface area contributed by atoms with Crippen LogP contribution in [-0.4, -0.2) is 0 Å². The average Bonchev–Trinajstić information content (AvgIpc) is 2.52. The predicted octanol–water partition coefficient (Wildman–Crippen LogP) is 3.69. The molecule has 0 amide bonds. The molecule has 0 heterocycles. The maximum Gasteiger partial charge on any atom is 0.0292 e. The maximum absolute atomic E-state index is 5.75. The van der Waals surface area contributed by atoms with E-state index in [2.05, 4.69) is 36.4 Å². The summed E-state index contributed by atoms with van der Waals surface area (Å²) in [6.07, 6.45) is 0. The van der Waals surface area contributed by atoms with Crippen LogP contribution >= 0.6 is 21.6 Å². The van der Waals surface area contributed by atoms with Crippen LogP contribution < -0.4 is 11.5 Å². The molecule has 0 fully saturated rings. The van der Waals surface area contributed by atoms with Gasteiger partial charge in [-0.3, -0.25) is 0 Å². The van der Waals surface area contributed by atoms with Gasteiger partial charge in [0.2, 0.25) is 0 Å².